The molecule has 2 atom stereocenters. The van der Waals surface area contributed by atoms with Gasteiger partial charge in [0.1, 0.15) is 5.82 Å². The Morgan fingerprint density at radius 2 is 2.07 bits per heavy atom. The zero-order valence-corrected chi connectivity index (χ0v) is 7.94. The van der Waals surface area contributed by atoms with E-state index in [0.29, 0.717) is 11.8 Å². The van der Waals surface area contributed by atoms with Gasteiger partial charge in [-0.2, -0.15) is 0 Å². The molecule has 1 saturated carbocycles. The molecule has 1 N–H and O–H groups in total. The molecule has 0 spiro atoms. The number of hydrogen-bond acceptors (Lipinski definition) is 2. The maximum atomic E-state index is 12.6. The van der Waals surface area contributed by atoms with Crippen LogP contribution in [0.5, 0.6) is 0 Å². The summed E-state index contributed by atoms with van der Waals surface area (Å²) in [6.45, 7) is 1.81. The summed E-state index contributed by atoms with van der Waals surface area (Å²) in [5.41, 5.74) is 1.89. The average Bonchev–Trinajstić information content (AvgIpc) is 2.98. The molecule has 1 fully saturated rings. The number of benzene rings is 1. The maximum Gasteiger partial charge on any atom is 0.123 e. The Morgan fingerprint density at radius 1 is 1.43 bits per heavy atom. The Hall–Kier alpha value is -1.38. The summed E-state index contributed by atoms with van der Waals surface area (Å²) in [7, 11) is 0. The minimum atomic E-state index is -0.210. The quantitative estimate of drug-likeness (QED) is 0.437. The van der Waals surface area contributed by atoms with Crippen LogP contribution < -0.4 is 0 Å². The van der Waals surface area contributed by atoms with E-state index in [2.05, 4.69) is 5.16 Å². The highest BCUT2D eigenvalue weighted by molar-refractivity contribution is 5.87. The van der Waals surface area contributed by atoms with Crippen LogP contribution in [0.1, 0.15) is 24.8 Å². The zero-order valence-electron chi connectivity index (χ0n) is 7.94. The van der Waals surface area contributed by atoms with Gasteiger partial charge in [0.2, 0.25) is 0 Å². The molecular formula is C11H12FNO. The fourth-order valence-corrected chi connectivity index (χ4v) is 1.81. The normalized spacial score (nSPS) is 26.3. The lowest BCUT2D eigenvalue weighted by atomic mass is 10.1. The van der Waals surface area contributed by atoms with E-state index in [-0.39, 0.29) is 5.82 Å². The van der Waals surface area contributed by atoms with E-state index in [1.165, 1.54) is 12.1 Å². The summed E-state index contributed by atoms with van der Waals surface area (Å²) in [4.78, 5) is 0. The standard InChI is InChI=1S/C11H12FNO/c1-7(13-14)10-6-11(10)8-2-4-9(12)5-3-8/h2-5,10-11,14H,6H2,1H3/t10-,11-/m0/s1. The summed E-state index contributed by atoms with van der Waals surface area (Å²) in [5, 5.41) is 11.8. The molecule has 0 bridgehead atoms. The molecule has 3 heteroatoms. The number of nitrogens with zero attached hydrogens (tertiary/aromatic N) is 1. The smallest absolute Gasteiger partial charge is 0.123 e. The molecule has 1 aromatic rings. The van der Waals surface area contributed by atoms with E-state index in [9.17, 15) is 4.39 Å². The second-order valence-corrected chi connectivity index (χ2v) is 3.74. The third-order valence-electron chi connectivity index (χ3n) is 2.78. The summed E-state index contributed by atoms with van der Waals surface area (Å²) < 4.78 is 12.6. The van der Waals surface area contributed by atoms with Crippen molar-refractivity contribution in [3.05, 3.63) is 35.6 Å². The minimum absolute atomic E-state index is 0.210. The minimum Gasteiger partial charge on any atom is -0.411 e. The van der Waals surface area contributed by atoms with Crippen molar-refractivity contribution in [2.24, 2.45) is 11.1 Å². The van der Waals surface area contributed by atoms with Crippen LogP contribution in [0, 0.1) is 11.7 Å². The van der Waals surface area contributed by atoms with Gasteiger partial charge >= 0.3 is 0 Å². The van der Waals surface area contributed by atoms with E-state index in [0.717, 1.165) is 17.7 Å². The average molecular weight is 193 g/mol. The number of rotatable bonds is 2. The van der Waals surface area contributed by atoms with E-state index < -0.39 is 0 Å². The molecule has 74 valence electrons. The lowest BCUT2D eigenvalue weighted by Crippen LogP contribution is -1.96. The molecule has 1 aliphatic carbocycles. The fraction of sp³-hybridized carbons (Fsp3) is 0.364. The number of oxime groups is 1. The Morgan fingerprint density at radius 3 is 2.64 bits per heavy atom. The monoisotopic (exact) mass is 193 g/mol. The third-order valence-corrected chi connectivity index (χ3v) is 2.78. The van der Waals surface area contributed by atoms with Crippen molar-refractivity contribution in [1.82, 2.24) is 0 Å². The van der Waals surface area contributed by atoms with Crippen LogP contribution in [0.3, 0.4) is 0 Å². The second-order valence-electron chi connectivity index (χ2n) is 3.74. The first-order valence-electron chi connectivity index (χ1n) is 4.66. The van der Waals surface area contributed by atoms with Crippen molar-refractivity contribution in [2.45, 2.75) is 19.3 Å². The topological polar surface area (TPSA) is 32.6 Å². The molecule has 1 aromatic carbocycles. The molecule has 0 aliphatic heterocycles. The van der Waals surface area contributed by atoms with Gasteiger partial charge in [-0.25, -0.2) is 4.39 Å². The van der Waals surface area contributed by atoms with Gasteiger partial charge < -0.3 is 5.21 Å². The highest BCUT2D eigenvalue weighted by atomic mass is 19.1. The van der Waals surface area contributed by atoms with E-state index in [1.54, 1.807) is 12.1 Å². The first-order valence-corrected chi connectivity index (χ1v) is 4.66. The van der Waals surface area contributed by atoms with Gasteiger partial charge in [-0.1, -0.05) is 17.3 Å². The summed E-state index contributed by atoms with van der Waals surface area (Å²) >= 11 is 0. The summed E-state index contributed by atoms with van der Waals surface area (Å²) in [6.07, 6.45) is 1.00. The molecule has 0 heterocycles. The van der Waals surface area contributed by atoms with Gasteiger partial charge in [-0.3, -0.25) is 0 Å². The SMILES string of the molecule is CC(=NO)[C@@H]1C[C@H]1c1ccc(F)cc1. The van der Waals surface area contributed by atoms with Gasteiger partial charge in [0.15, 0.2) is 0 Å². The first-order chi connectivity index (χ1) is 6.72. The molecule has 0 aromatic heterocycles. The Balaban J connectivity index is 2.10. The molecular weight excluding hydrogens is 181 g/mol. The molecule has 1 aliphatic rings. The largest absolute Gasteiger partial charge is 0.411 e. The van der Waals surface area contributed by atoms with Crippen LogP contribution in [0.2, 0.25) is 0 Å². The van der Waals surface area contributed by atoms with Gasteiger partial charge in [-0.05, 0) is 37.0 Å². The molecule has 14 heavy (non-hydrogen) atoms. The van der Waals surface area contributed by atoms with Crippen LogP contribution in [0.4, 0.5) is 4.39 Å². The molecule has 0 amide bonds. The Labute approximate surface area is 82.1 Å². The highest BCUT2D eigenvalue weighted by Crippen LogP contribution is 2.48. The lowest BCUT2D eigenvalue weighted by molar-refractivity contribution is 0.316. The zero-order chi connectivity index (χ0) is 10.1. The fourth-order valence-electron chi connectivity index (χ4n) is 1.81. The van der Waals surface area contributed by atoms with Crippen LogP contribution in [0.15, 0.2) is 29.4 Å². The van der Waals surface area contributed by atoms with E-state index in [1.807, 2.05) is 6.92 Å². The molecule has 2 rings (SSSR count). The van der Waals surface area contributed by atoms with Gasteiger partial charge in [0.25, 0.3) is 0 Å². The van der Waals surface area contributed by atoms with E-state index in [4.69, 9.17) is 5.21 Å². The highest BCUT2D eigenvalue weighted by Gasteiger charge is 2.40. The van der Waals surface area contributed by atoms with Crippen molar-refractivity contribution in [1.29, 1.82) is 0 Å². The van der Waals surface area contributed by atoms with Crippen LogP contribution >= 0.6 is 0 Å². The van der Waals surface area contributed by atoms with Crippen LogP contribution in [-0.2, 0) is 0 Å². The Kier molecular flexibility index (Phi) is 2.23. The van der Waals surface area contributed by atoms with Gasteiger partial charge in [-0.15, -0.1) is 0 Å². The number of halogens is 1. The summed E-state index contributed by atoms with van der Waals surface area (Å²) in [5.74, 6) is 0.537. The van der Waals surface area contributed by atoms with Crippen molar-refractivity contribution in [3.63, 3.8) is 0 Å². The van der Waals surface area contributed by atoms with Crippen molar-refractivity contribution < 1.29 is 9.60 Å². The molecule has 0 saturated heterocycles. The van der Waals surface area contributed by atoms with E-state index >= 15 is 0 Å². The second kappa shape index (κ2) is 3.40. The maximum absolute atomic E-state index is 12.6. The Bertz CT molecular complexity index is 358. The third kappa shape index (κ3) is 1.62. The van der Waals surface area contributed by atoms with Crippen LogP contribution in [0.25, 0.3) is 0 Å². The van der Waals surface area contributed by atoms with Crippen molar-refractivity contribution in [3.8, 4) is 0 Å². The molecule has 0 radical (unpaired) electrons. The molecule has 2 nitrogen and oxygen atoms in total. The summed E-state index contributed by atoms with van der Waals surface area (Å²) in [6, 6.07) is 6.53. The van der Waals surface area contributed by atoms with Gasteiger partial charge in [0.05, 0.1) is 5.71 Å². The number of hydrogen-bond donors (Lipinski definition) is 1. The predicted molar refractivity (Wildman–Crippen MR) is 52.1 cm³/mol. The lowest BCUT2D eigenvalue weighted by Gasteiger charge is -1.98. The van der Waals surface area contributed by atoms with Crippen molar-refractivity contribution >= 4 is 5.71 Å². The predicted octanol–water partition coefficient (Wildman–Crippen LogP) is 2.78. The van der Waals surface area contributed by atoms with Crippen LogP contribution in [-0.4, -0.2) is 10.9 Å². The first kappa shape index (κ1) is 9.19. The molecule has 0 unspecified atom stereocenters. The van der Waals surface area contributed by atoms with Crippen molar-refractivity contribution in [2.75, 3.05) is 0 Å². The van der Waals surface area contributed by atoms with Gasteiger partial charge in [0, 0.05) is 5.92 Å².